The van der Waals surface area contributed by atoms with E-state index < -0.39 is 0 Å². The van der Waals surface area contributed by atoms with Crippen LogP contribution in [0.25, 0.3) is 0 Å². The summed E-state index contributed by atoms with van der Waals surface area (Å²) in [5.41, 5.74) is 2.88. The van der Waals surface area contributed by atoms with Crippen LogP contribution in [0.5, 0.6) is 11.5 Å². The van der Waals surface area contributed by atoms with Gasteiger partial charge in [-0.3, -0.25) is 9.59 Å². The highest BCUT2D eigenvalue weighted by atomic mass is 16.5. The second-order valence-corrected chi connectivity index (χ2v) is 7.59. The number of nitrogens with zero attached hydrogens (tertiary/aromatic N) is 1. The van der Waals surface area contributed by atoms with E-state index in [4.69, 9.17) is 4.74 Å². The van der Waals surface area contributed by atoms with Gasteiger partial charge in [0.25, 0.3) is 0 Å². The number of amides is 2. The molecule has 0 aromatic heterocycles. The van der Waals surface area contributed by atoms with Gasteiger partial charge >= 0.3 is 0 Å². The van der Waals surface area contributed by atoms with Gasteiger partial charge in [-0.1, -0.05) is 42.5 Å². The molecule has 152 valence electrons. The monoisotopic (exact) mass is 400 g/mol. The molecule has 1 heterocycles. The first kappa shape index (κ1) is 19.7. The third-order valence-corrected chi connectivity index (χ3v) is 5.15. The summed E-state index contributed by atoms with van der Waals surface area (Å²) in [6.07, 6.45) is 0.243. The van der Waals surface area contributed by atoms with Gasteiger partial charge in [0.2, 0.25) is 11.8 Å². The fourth-order valence-electron chi connectivity index (χ4n) is 3.57. The molecule has 0 spiro atoms. The summed E-state index contributed by atoms with van der Waals surface area (Å²) in [5.74, 6) is 1.01. The lowest BCUT2D eigenvalue weighted by molar-refractivity contribution is -0.128. The smallest absolute Gasteiger partial charge is 0.229 e. The van der Waals surface area contributed by atoms with Gasteiger partial charge in [0.1, 0.15) is 11.5 Å². The lowest BCUT2D eigenvalue weighted by Gasteiger charge is -2.16. The molecule has 4 rings (SSSR count). The summed E-state index contributed by atoms with van der Waals surface area (Å²) in [6.45, 7) is 2.99. The molecule has 1 fully saturated rings. The molecule has 3 aromatic rings. The van der Waals surface area contributed by atoms with E-state index in [-0.39, 0.29) is 24.2 Å². The minimum absolute atomic E-state index is 0.0147. The number of carbonyl (C=O) groups excluding carboxylic acids is 2. The number of likely N-dealkylation sites (tertiary alicyclic amines) is 1. The van der Waals surface area contributed by atoms with Crippen LogP contribution in [0.2, 0.25) is 0 Å². The third-order valence-electron chi connectivity index (χ3n) is 5.15. The summed E-state index contributed by atoms with van der Waals surface area (Å²) in [4.78, 5) is 26.7. The number of rotatable bonds is 6. The molecular formula is C25H24N2O3. The van der Waals surface area contributed by atoms with E-state index in [9.17, 15) is 9.59 Å². The van der Waals surface area contributed by atoms with Crippen LogP contribution >= 0.6 is 0 Å². The molecule has 5 heteroatoms. The van der Waals surface area contributed by atoms with E-state index in [0.717, 1.165) is 16.9 Å². The zero-order valence-electron chi connectivity index (χ0n) is 16.9. The van der Waals surface area contributed by atoms with Gasteiger partial charge in [-0.15, -0.1) is 0 Å². The van der Waals surface area contributed by atoms with E-state index in [0.29, 0.717) is 24.5 Å². The molecule has 0 aliphatic carbocycles. The molecule has 0 unspecified atom stereocenters. The van der Waals surface area contributed by atoms with Gasteiger partial charge in [0, 0.05) is 25.2 Å². The van der Waals surface area contributed by atoms with E-state index in [2.05, 4.69) is 5.32 Å². The van der Waals surface area contributed by atoms with E-state index in [1.165, 1.54) is 0 Å². The first-order valence-electron chi connectivity index (χ1n) is 10.0. The molecule has 5 nitrogen and oxygen atoms in total. The Morgan fingerprint density at radius 1 is 1.00 bits per heavy atom. The minimum Gasteiger partial charge on any atom is -0.457 e. The Morgan fingerprint density at radius 2 is 1.77 bits per heavy atom. The Balaban J connectivity index is 1.33. The van der Waals surface area contributed by atoms with Gasteiger partial charge in [0.15, 0.2) is 0 Å². The van der Waals surface area contributed by atoms with Crippen LogP contribution < -0.4 is 10.1 Å². The number of anilines is 1. The molecule has 1 N–H and O–H groups in total. The number of aryl methyl sites for hydroxylation is 1. The van der Waals surface area contributed by atoms with Gasteiger partial charge in [-0.05, 0) is 54.4 Å². The van der Waals surface area contributed by atoms with Gasteiger partial charge in [-0.2, -0.15) is 0 Å². The van der Waals surface area contributed by atoms with Gasteiger partial charge in [-0.25, -0.2) is 0 Å². The van der Waals surface area contributed by atoms with E-state index in [1.54, 1.807) is 4.90 Å². The lowest BCUT2D eigenvalue weighted by Crippen LogP contribution is -2.28. The Kier molecular flexibility index (Phi) is 5.80. The van der Waals surface area contributed by atoms with Gasteiger partial charge < -0.3 is 15.0 Å². The first-order chi connectivity index (χ1) is 14.6. The van der Waals surface area contributed by atoms with Crippen LogP contribution in [0, 0.1) is 12.8 Å². The molecule has 30 heavy (non-hydrogen) atoms. The molecule has 1 saturated heterocycles. The second-order valence-electron chi connectivity index (χ2n) is 7.59. The second kappa shape index (κ2) is 8.82. The zero-order valence-corrected chi connectivity index (χ0v) is 16.9. The Morgan fingerprint density at radius 3 is 2.50 bits per heavy atom. The highest BCUT2D eigenvalue weighted by Gasteiger charge is 2.34. The molecule has 0 saturated carbocycles. The minimum atomic E-state index is -0.343. The van der Waals surface area contributed by atoms with Crippen LogP contribution in [0.1, 0.15) is 17.5 Å². The van der Waals surface area contributed by atoms with Crippen molar-refractivity contribution in [3.63, 3.8) is 0 Å². The normalized spacial score (nSPS) is 15.8. The number of benzene rings is 3. The van der Waals surface area contributed by atoms with Crippen molar-refractivity contribution in [2.24, 2.45) is 5.92 Å². The quantitative estimate of drug-likeness (QED) is 0.648. The number of ether oxygens (including phenoxy) is 1. The SMILES string of the molecule is Cc1cccc(Oc2ccc(NC(=O)[C@H]3CC(=O)N(Cc4ccccc4)C3)cc2)c1. The number of hydrogen-bond donors (Lipinski definition) is 1. The topological polar surface area (TPSA) is 58.6 Å². The van der Waals surface area contributed by atoms with Crippen molar-refractivity contribution in [2.75, 3.05) is 11.9 Å². The maximum absolute atomic E-state index is 12.7. The molecule has 1 atom stereocenters. The highest BCUT2D eigenvalue weighted by Crippen LogP contribution is 2.25. The largest absolute Gasteiger partial charge is 0.457 e. The average Bonchev–Trinajstić information content (AvgIpc) is 3.11. The molecule has 2 amide bonds. The summed E-state index contributed by atoms with van der Waals surface area (Å²) in [7, 11) is 0. The van der Waals surface area contributed by atoms with Crippen LogP contribution in [0.3, 0.4) is 0 Å². The van der Waals surface area contributed by atoms with Crippen molar-refractivity contribution in [1.29, 1.82) is 0 Å². The van der Waals surface area contributed by atoms with Crippen molar-refractivity contribution in [3.05, 3.63) is 90.0 Å². The number of hydrogen-bond acceptors (Lipinski definition) is 3. The van der Waals surface area contributed by atoms with Crippen molar-refractivity contribution in [2.45, 2.75) is 19.9 Å². The zero-order chi connectivity index (χ0) is 20.9. The Labute approximate surface area is 176 Å². The fraction of sp³-hybridized carbons (Fsp3) is 0.200. The highest BCUT2D eigenvalue weighted by molar-refractivity contribution is 5.97. The molecule has 3 aromatic carbocycles. The van der Waals surface area contributed by atoms with Crippen molar-refractivity contribution < 1.29 is 14.3 Å². The van der Waals surface area contributed by atoms with Crippen molar-refractivity contribution in [1.82, 2.24) is 4.90 Å². The van der Waals surface area contributed by atoms with Crippen LogP contribution in [0.15, 0.2) is 78.9 Å². The first-order valence-corrected chi connectivity index (χ1v) is 10.0. The standard InChI is InChI=1S/C25H24N2O3/c1-18-6-5-9-23(14-18)30-22-12-10-21(11-13-22)26-25(29)20-15-24(28)27(17-20)16-19-7-3-2-4-8-19/h2-14,20H,15-17H2,1H3,(H,26,29)/t20-/m0/s1. The molecule has 1 aliphatic rings. The van der Waals surface area contributed by atoms with Crippen LogP contribution in [-0.2, 0) is 16.1 Å². The summed E-state index contributed by atoms with van der Waals surface area (Å²) < 4.78 is 5.84. The van der Waals surface area contributed by atoms with Crippen LogP contribution in [0.4, 0.5) is 5.69 Å². The molecule has 0 radical (unpaired) electrons. The summed E-state index contributed by atoms with van der Waals surface area (Å²) >= 11 is 0. The lowest BCUT2D eigenvalue weighted by atomic mass is 10.1. The molecule has 0 bridgehead atoms. The van der Waals surface area contributed by atoms with Crippen LogP contribution in [-0.4, -0.2) is 23.3 Å². The number of carbonyl (C=O) groups is 2. The molecular weight excluding hydrogens is 376 g/mol. The Hall–Kier alpha value is -3.60. The number of nitrogens with one attached hydrogen (secondary N) is 1. The summed E-state index contributed by atoms with van der Waals surface area (Å²) in [6, 6.07) is 24.9. The molecule has 1 aliphatic heterocycles. The predicted molar refractivity (Wildman–Crippen MR) is 116 cm³/mol. The predicted octanol–water partition coefficient (Wildman–Crippen LogP) is 4.77. The van der Waals surface area contributed by atoms with E-state index in [1.807, 2.05) is 85.8 Å². The maximum Gasteiger partial charge on any atom is 0.229 e. The third kappa shape index (κ3) is 4.87. The summed E-state index contributed by atoms with van der Waals surface area (Å²) in [5, 5.41) is 2.92. The average molecular weight is 400 g/mol. The maximum atomic E-state index is 12.7. The van der Waals surface area contributed by atoms with E-state index >= 15 is 0 Å². The van der Waals surface area contributed by atoms with Gasteiger partial charge in [0.05, 0.1) is 5.92 Å². The fourth-order valence-corrected chi connectivity index (χ4v) is 3.57. The van der Waals surface area contributed by atoms with Crippen molar-refractivity contribution >= 4 is 17.5 Å². The van der Waals surface area contributed by atoms with Crippen molar-refractivity contribution in [3.8, 4) is 11.5 Å². The Bertz CT molecular complexity index is 1030.